The van der Waals surface area contributed by atoms with Crippen LogP contribution in [0.1, 0.15) is 6.92 Å². The van der Waals surface area contributed by atoms with Crippen molar-refractivity contribution in [2.45, 2.75) is 6.92 Å². The number of rotatable bonds is 5. The average molecular weight is 310 g/mol. The van der Waals surface area contributed by atoms with E-state index in [-0.39, 0.29) is 29.9 Å². The minimum atomic E-state index is -0.782. The van der Waals surface area contributed by atoms with Crippen molar-refractivity contribution in [2.75, 3.05) is 25.1 Å². The number of benzene rings is 1. The van der Waals surface area contributed by atoms with E-state index >= 15 is 0 Å². The van der Waals surface area contributed by atoms with Gasteiger partial charge in [0.15, 0.2) is 0 Å². The fourth-order valence-corrected chi connectivity index (χ4v) is 1.44. The van der Waals surface area contributed by atoms with E-state index < -0.39 is 17.0 Å². The predicted octanol–water partition coefficient (Wildman–Crippen LogP) is 2.13. The zero-order chi connectivity index (χ0) is 13.1. The summed E-state index contributed by atoms with van der Waals surface area (Å²) in [6, 6.07) is 2.04. The molecule has 0 aliphatic rings. The SMILES string of the molecule is CC(CO)(CO)CNc1cc(F)c(Br)cc1F. The predicted molar refractivity (Wildman–Crippen MR) is 64.8 cm³/mol. The van der Waals surface area contributed by atoms with E-state index in [1.807, 2.05) is 0 Å². The highest BCUT2D eigenvalue weighted by Gasteiger charge is 2.22. The van der Waals surface area contributed by atoms with Crippen molar-refractivity contribution >= 4 is 21.6 Å². The molecule has 0 aromatic heterocycles. The maximum Gasteiger partial charge on any atom is 0.147 e. The molecule has 1 aromatic rings. The molecular formula is C11H14BrF2NO2. The average Bonchev–Trinajstić information content (AvgIpc) is 2.32. The summed E-state index contributed by atoms with van der Waals surface area (Å²) in [5.74, 6) is -1.18. The second kappa shape index (κ2) is 5.75. The Morgan fingerprint density at radius 2 is 1.82 bits per heavy atom. The van der Waals surface area contributed by atoms with Gasteiger partial charge >= 0.3 is 0 Å². The number of aliphatic hydroxyl groups is 2. The van der Waals surface area contributed by atoms with Gasteiger partial charge in [0.25, 0.3) is 0 Å². The van der Waals surface area contributed by atoms with Crippen molar-refractivity contribution in [1.82, 2.24) is 0 Å². The van der Waals surface area contributed by atoms with E-state index in [0.29, 0.717) is 0 Å². The summed E-state index contributed by atoms with van der Waals surface area (Å²) in [7, 11) is 0. The van der Waals surface area contributed by atoms with Crippen molar-refractivity contribution in [2.24, 2.45) is 5.41 Å². The van der Waals surface area contributed by atoms with Crippen LogP contribution < -0.4 is 5.32 Å². The number of halogens is 3. The lowest BCUT2D eigenvalue weighted by atomic mass is 9.93. The van der Waals surface area contributed by atoms with E-state index in [4.69, 9.17) is 10.2 Å². The molecule has 96 valence electrons. The Labute approximate surface area is 107 Å². The molecule has 0 saturated carbocycles. The first-order chi connectivity index (χ1) is 7.91. The number of aliphatic hydroxyl groups excluding tert-OH is 2. The van der Waals surface area contributed by atoms with Crippen molar-refractivity contribution in [3.63, 3.8) is 0 Å². The zero-order valence-corrected chi connectivity index (χ0v) is 10.9. The van der Waals surface area contributed by atoms with Crippen LogP contribution >= 0.6 is 15.9 Å². The van der Waals surface area contributed by atoms with E-state index in [1.54, 1.807) is 6.92 Å². The van der Waals surface area contributed by atoms with Crippen LogP contribution in [0.15, 0.2) is 16.6 Å². The molecule has 3 N–H and O–H groups in total. The molecule has 0 spiro atoms. The van der Waals surface area contributed by atoms with Crippen molar-refractivity contribution in [3.8, 4) is 0 Å². The van der Waals surface area contributed by atoms with Gasteiger partial charge in [0.1, 0.15) is 11.6 Å². The Kier molecular flexibility index (Phi) is 4.85. The van der Waals surface area contributed by atoms with Crippen LogP contribution in [0.25, 0.3) is 0 Å². The first-order valence-electron chi connectivity index (χ1n) is 5.02. The van der Waals surface area contributed by atoms with Gasteiger partial charge in [0.2, 0.25) is 0 Å². The highest BCUT2D eigenvalue weighted by atomic mass is 79.9. The quantitative estimate of drug-likeness (QED) is 0.730. The molecule has 6 heteroatoms. The summed E-state index contributed by atoms with van der Waals surface area (Å²) in [5, 5.41) is 20.8. The third-order valence-corrected chi connectivity index (χ3v) is 3.09. The van der Waals surface area contributed by atoms with Crippen LogP contribution in [-0.4, -0.2) is 30.0 Å². The molecule has 0 amide bonds. The normalized spacial score (nSPS) is 11.6. The first kappa shape index (κ1) is 14.3. The van der Waals surface area contributed by atoms with E-state index in [9.17, 15) is 8.78 Å². The standard InChI is InChI=1S/C11H14BrF2NO2/c1-11(5-16,6-17)4-15-10-3-8(13)7(12)2-9(10)14/h2-3,15-17H,4-6H2,1H3. The monoisotopic (exact) mass is 309 g/mol. The van der Waals surface area contributed by atoms with Crippen LogP contribution in [0.5, 0.6) is 0 Å². The fraction of sp³-hybridized carbons (Fsp3) is 0.455. The first-order valence-corrected chi connectivity index (χ1v) is 5.81. The summed E-state index contributed by atoms with van der Waals surface area (Å²) in [6.45, 7) is 1.26. The minimum absolute atomic E-state index is 0.00109. The van der Waals surface area contributed by atoms with E-state index in [1.165, 1.54) is 0 Å². The molecule has 1 aromatic carbocycles. The highest BCUT2D eigenvalue weighted by Crippen LogP contribution is 2.24. The molecule has 3 nitrogen and oxygen atoms in total. The summed E-state index contributed by atoms with van der Waals surface area (Å²) in [5.41, 5.74) is -0.783. The molecule has 0 aliphatic heterocycles. The van der Waals surface area contributed by atoms with Gasteiger partial charge in [-0.25, -0.2) is 8.78 Å². The van der Waals surface area contributed by atoms with Gasteiger partial charge < -0.3 is 15.5 Å². The van der Waals surface area contributed by atoms with Gasteiger partial charge in [-0.3, -0.25) is 0 Å². The molecule has 0 bridgehead atoms. The van der Waals surface area contributed by atoms with Crippen LogP contribution in [0.2, 0.25) is 0 Å². The third kappa shape index (κ3) is 3.62. The van der Waals surface area contributed by atoms with Crippen molar-refractivity contribution in [1.29, 1.82) is 0 Å². The van der Waals surface area contributed by atoms with Gasteiger partial charge in [-0.05, 0) is 22.0 Å². The lowest BCUT2D eigenvalue weighted by Gasteiger charge is -2.25. The number of hydrogen-bond donors (Lipinski definition) is 3. The smallest absolute Gasteiger partial charge is 0.147 e. The molecule has 0 aliphatic carbocycles. The van der Waals surface area contributed by atoms with E-state index in [0.717, 1.165) is 12.1 Å². The number of hydrogen-bond acceptors (Lipinski definition) is 3. The van der Waals surface area contributed by atoms with Crippen LogP contribution in [0.4, 0.5) is 14.5 Å². The summed E-state index contributed by atoms with van der Waals surface area (Å²) in [6.07, 6.45) is 0. The Balaban J connectivity index is 2.79. The number of anilines is 1. The van der Waals surface area contributed by atoms with Crippen molar-refractivity contribution in [3.05, 3.63) is 28.2 Å². The second-order valence-electron chi connectivity index (χ2n) is 4.23. The van der Waals surface area contributed by atoms with Gasteiger partial charge in [0.05, 0.1) is 23.4 Å². The molecular weight excluding hydrogens is 296 g/mol. The summed E-state index contributed by atoms with van der Waals surface area (Å²) in [4.78, 5) is 0. The molecule has 0 saturated heterocycles. The second-order valence-corrected chi connectivity index (χ2v) is 5.08. The van der Waals surface area contributed by atoms with Crippen molar-refractivity contribution < 1.29 is 19.0 Å². The summed E-state index contributed by atoms with van der Waals surface area (Å²) >= 11 is 2.88. The Morgan fingerprint density at radius 3 is 2.35 bits per heavy atom. The van der Waals surface area contributed by atoms with E-state index in [2.05, 4.69) is 21.2 Å². The lowest BCUT2D eigenvalue weighted by molar-refractivity contribution is 0.0806. The van der Waals surface area contributed by atoms with Crippen LogP contribution in [0, 0.1) is 17.0 Å². The molecule has 0 heterocycles. The topological polar surface area (TPSA) is 52.5 Å². The molecule has 0 fully saturated rings. The molecule has 0 unspecified atom stereocenters. The maximum atomic E-state index is 13.4. The third-order valence-electron chi connectivity index (χ3n) is 2.48. The molecule has 0 atom stereocenters. The maximum absolute atomic E-state index is 13.4. The minimum Gasteiger partial charge on any atom is -0.396 e. The molecule has 17 heavy (non-hydrogen) atoms. The molecule has 1 rings (SSSR count). The highest BCUT2D eigenvalue weighted by molar-refractivity contribution is 9.10. The zero-order valence-electron chi connectivity index (χ0n) is 9.30. The fourth-order valence-electron chi connectivity index (χ4n) is 1.13. The van der Waals surface area contributed by atoms with Gasteiger partial charge in [-0.15, -0.1) is 0 Å². The molecule has 0 radical (unpaired) electrons. The Hall–Kier alpha value is -0.720. The summed E-state index contributed by atoms with van der Waals surface area (Å²) < 4.78 is 26.7. The Bertz CT molecular complexity index is 397. The van der Waals surface area contributed by atoms with Crippen LogP contribution in [0.3, 0.4) is 0 Å². The van der Waals surface area contributed by atoms with Gasteiger partial charge in [-0.2, -0.15) is 0 Å². The lowest BCUT2D eigenvalue weighted by Crippen LogP contribution is -2.34. The largest absolute Gasteiger partial charge is 0.396 e. The number of nitrogens with one attached hydrogen (secondary N) is 1. The van der Waals surface area contributed by atoms with Gasteiger partial charge in [-0.1, -0.05) is 6.92 Å². The van der Waals surface area contributed by atoms with Crippen LogP contribution in [-0.2, 0) is 0 Å². The van der Waals surface area contributed by atoms with Gasteiger partial charge in [0, 0.05) is 18.0 Å². The Morgan fingerprint density at radius 1 is 1.24 bits per heavy atom.